The Balaban J connectivity index is 1.50. The summed E-state index contributed by atoms with van der Waals surface area (Å²) >= 11 is 5.92. The Kier molecular flexibility index (Phi) is 5.78. The van der Waals surface area contributed by atoms with Crippen molar-refractivity contribution in [3.8, 4) is 22.6 Å². The minimum absolute atomic E-state index is 0.149. The number of aryl methyl sites for hydroxylation is 2. The maximum atomic E-state index is 12.9. The van der Waals surface area contributed by atoms with Crippen molar-refractivity contribution in [2.45, 2.75) is 13.8 Å². The average Bonchev–Trinajstić information content (AvgIpc) is 2.74. The highest BCUT2D eigenvalue weighted by molar-refractivity contribution is 6.30. The minimum atomic E-state index is -0.577. The molecule has 0 aliphatic heterocycles. The van der Waals surface area contributed by atoms with Crippen molar-refractivity contribution in [3.63, 3.8) is 0 Å². The Morgan fingerprint density at radius 2 is 1.77 bits per heavy atom. The van der Waals surface area contributed by atoms with Gasteiger partial charge in [0.2, 0.25) is 0 Å². The van der Waals surface area contributed by atoms with Gasteiger partial charge in [-0.15, -0.1) is 0 Å². The fourth-order valence-electron chi connectivity index (χ4n) is 3.18. The molecule has 5 nitrogen and oxygen atoms in total. The lowest BCUT2D eigenvalue weighted by Gasteiger charge is -2.09. The van der Waals surface area contributed by atoms with E-state index < -0.39 is 5.97 Å². The second-order valence-electron chi connectivity index (χ2n) is 7.18. The van der Waals surface area contributed by atoms with Crippen molar-refractivity contribution < 1.29 is 18.7 Å². The molecule has 0 fully saturated rings. The number of hydrogen-bond acceptors (Lipinski definition) is 5. The number of carbonyl (C=O) groups is 1. The normalized spacial score (nSPS) is 10.8. The second-order valence-corrected chi connectivity index (χ2v) is 7.61. The predicted molar refractivity (Wildman–Crippen MR) is 120 cm³/mol. The number of ether oxygens (including phenoxy) is 2. The molecule has 0 spiro atoms. The van der Waals surface area contributed by atoms with Crippen LogP contribution in [0.1, 0.15) is 11.1 Å². The van der Waals surface area contributed by atoms with Gasteiger partial charge in [0.15, 0.2) is 12.0 Å². The van der Waals surface area contributed by atoms with Crippen molar-refractivity contribution in [2.24, 2.45) is 0 Å². The van der Waals surface area contributed by atoms with Gasteiger partial charge in [-0.2, -0.15) is 0 Å². The van der Waals surface area contributed by atoms with E-state index in [2.05, 4.69) is 0 Å². The second kappa shape index (κ2) is 8.66. The van der Waals surface area contributed by atoms with Crippen LogP contribution in [0.4, 0.5) is 0 Å². The van der Waals surface area contributed by atoms with Crippen LogP contribution in [-0.2, 0) is 4.79 Å². The summed E-state index contributed by atoms with van der Waals surface area (Å²) in [5.74, 6) is 0.238. The molecule has 0 unspecified atom stereocenters. The zero-order valence-electron chi connectivity index (χ0n) is 17.0. The van der Waals surface area contributed by atoms with Crippen molar-refractivity contribution in [1.82, 2.24) is 0 Å². The largest absolute Gasteiger partial charge is 0.482 e. The van der Waals surface area contributed by atoms with Gasteiger partial charge in [-0.1, -0.05) is 41.4 Å². The highest BCUT2D eigenvalue weighted by Gasteiger charge is 2.12. The Bertz CT molecular complexity index is 1320. The van der Waals surface area contributed by atoms with Crippen LogP contribution < -0.4 is 14.9 Å². The van der Waals surface area contributed by atoms with E-state index in [1.165, 1.54) is 12.3 Å². The SMILES string of the molecule is Cc1ccc(-c2coc3cc(OC(=O)COc4ccc(Cl)cc4C)ccc3c2=O)cc1. The quantitative estimate of drug-likeness (QED) is 0.297. The molecular weight excluding hydrogens is 416 g/mol. The van der Waals surface area contributed by atoms with Crippen LogP contribution in [0.25, 0.3) is 22.1 Å². The van der Waals surface area contributed by atoms with E-state index in [4.69, 9.17) is 25.5 Å². The average molecular weight is 435 g/mol. The molecular formula is C25H19ClO5. The van der Waals surface area contributed by atoms with Gasteiger partial charge in [0.05, 0.1) is 10.9 Å². The van der Waals surface area contributed by atoms with Crippen LogP contribution >= 0.6 is 11.6 Å². The number of fused-ring (bicyclic) bond motifs is 1. The summed E-state index contributed by atoms with van der Waals surface area (Å²) in [5.41, 5.74) is 3.37. The summed E-state index contributed by atoms with van der Waals surface area (Å²) in [4.78, 5) is 25.0. The molecule has 1 heterocycles. The number of benzene rings is 3. The van der Waals surface area contributed by atoms with E-state index in [-0.39, 0.29) is 17.8 Å². The number of esters is 1. The van der Waals surface area contributed by atoms with E-state index in [1.54, 1.807) is 30.3 Å². The molecule has 0 amide bonds. The Hall–Kier alpha value is -3.57. The standard InChI is InChI=1S/C25H19ClO5/c1-15-3-5-17(6-4-15)21-13-29-23-12-19(8-9-20(23)25(21)28)31-24(27)14-30-22-10-7-18(26)11-16(22)2/h3-13H,14H2,1-2H3. The van der Waals surface area contributed by atoms with E-state index in [1.807, 2.05) is 38.1 Å². The lowest BCUT2D eigenvalue weighted by atomic mass is 10.0. The molecule has 0 aliphatic carbocycles. The summed E-state index contributed by atoms with van der Waals surface area (Å²) in [5, 5.41) is 1.00. The van der Waals surface area contributed by atoms with Gasteiger partial charge in [-0.3, -0.25) is 4.79 Å². The van der Waals surface area contributed by atoms with E-state index in [0.717, 1.165) is 16.7 Å². The van der Waals surface area contributed by atoms with Crippen LogP contribution in [0.3, 0.4) is 0 Å². The summed E-state index contributed by atoms with van der Waals surface area (Å²) in [7, 11) is 0. The Morgan fingerprint density at radius 1 is 1.00 bits per heavy atom. The third-order valence-corrected chi connectivity index (χ3v) is 5.06. The van der Waals surface area contributed by atoms with Crippen LogP contribution in [0.15, 0.2) is 76.1 Å². The number of carbonyl (C=O) groups excluding carboxylic acids is 1. The molecule has 3 aromatic carbocycles. The van der Waals surface area contributed by atoms with Gasteiger partial charge in [0, 0.05) is 11.1 Å². The summed E-state index contributed by atoms with van der Waals surface area (Å²) in [6.45, 7) is 3.55. The molecule has 4 aromatic rings. The fraction of sp³-hybridized carbons (Fsp3) is 0.120. The maximum Gasteiger partial charge on any atom is 0.349 e. The molecule has 0 N–H and O–H groups in total. The van der Waals surface area contributed by atoms with E-state index in [9.17, 15) is 9.59 Å². The third-order valence-electron chi connectivity index (χ3n) is 4.82. The first-order valence-electron chi connectivity index (χ1n) is 9.63. The molecule has 4 rings (SSSR count). The van der Waals surface area contributed by atoms with Crippen molar-refractivity contribution in [3.05, 3.63) is 93.3 Å². The smallest absolute Gasteiger partial charge is 0.349 e. The highest BCUT2D eigenvalue weighted by Crippen LogP contribution is 2.24. The monoisotopic (exact) mass is 434 g/mol. The van der Waals surface area contributed by atoms with Gasteiger partial charge in [-0.25, -0.2) is 4.79 Å². The fourth-order valence-corrected chi connectivity index (χ4v) is 3.40. The number of hydrogen-bond donors (Lipinski definition) is 0. The first kappa shape index (κ1) is 20.7. The molecule has 0 atom stereocenters. The van der Waals surface area contributed by atoms with Crippen LogP contribution in [0.5, 0.6) is 11.5 Å². The van der Waals surface area contributed by atoms with Gasteiger partial charge in [0.1, 0.15) is 23.3 Å². The molecule has 0 aliphatic rings. The minimum Gasteiger partial charge on any atom is -0.482 e. The lowest BCUT2D eigenvalue weighted by Crippen LogP contribution is -2.18. The Morgan fingerprint density at radius 3 is 2.52 bits per heavy atom. The Labute approximate surface area is 183 Å². The first-order chi connectivity index (χ1) is 14.9. The van der Waals surface area contributed by atoms with E-state index in [0.29, 0.717) is 27.3 Å². The topological polar surface area (TPSA) is 65.7 Å². The van der Waals surface area contributed by atoms with Crippen molar-refractivity contribution in [2.75, 3.05) is 6.61 Å². The van der Waals surface area contributed by atoms with Crippen molar-refractivity contribution >= 4 is 28.5 Å². The van der Waals surface area contributed by atoms with Gasteiger partial charge >= 0.3 is 5.97 Å². The molecule has 31 heavy (non-hydrogen) atoms. The highest BCUT2D eigenvalue weighted by atomic mass is 35.5. The number of rotatable bonds is 5. The zero-order chi connectivity index (χ0) is 22.0. The molecule has 156 valence electrons. The first-order valence-corrected chi connectivity index (χ1v) is 10.0. The van der Waals surface area contributed by atoms with Gasteiger partial charge in [-0.05, 0) is 55.3 Å². The number of halogens is 1. The zero-order valence-corrected chi connectivity index (χ0v) is 17.7. The molecule has 0 saturated heterocycles. The summed E-state index contributed by atoms with van der Waals surface area (Å²) in [6.07, 6.45) is 1.42. The summed E-state index contributed by atoms with van der Waals surface area (Å²) < 4.78 is 16.5. The maximum absolute atomic E-state index is 12.9. The molecule has 0 radical (unpaired) electrons. The van der Waals surface area contributed by atoms with Gasteiger partial charge in [0.25, 0.3) is 0 Å². The van der Waals surface area contributed by atoms with Crippen LogP contribution in [0.2, 0.25) is 5.02 Å². The lowest BCUT2D eigenvalue weighted by molar-refractivity contribution is -0.136. The molecule has 1 aromatic heterocycles. The third kappa shape index (κ3) is 4.62. The molecule has 6 heteroatoms. The predicted octanol–water partition coefficient (Wildman–Crippen LogP) is 5.71. The van der Waals surface area contributed by atoms with Gasteiger partial charge < -0.3 is 13.9 Å². The molecule has 0 saturated carbocycles. The van der Waals surface area contributed by atoms with Crippen molar-refractivity contribution in [1.29, 1.82) is 0 Å². The molecule has 0 bridgehead atoms. The summed E-state index contributed by atoms with van der Waals surface area (Å²) in [6, 6.07) is 17.4. The van der Waals surface area contributed by atoms with Crippen LogP contribution in [-0.4, -0.2) is 12.6 Å². The van der Waals surface area contributed by atoms with E-state index >= 15 is 0 Å². The van der Waals surface area contributed by atoms with Crippen LogP contribution in [0, 0.1) is 13.8 Å².